The van der Waals surface area contributed by atoms with Gasteiger partial charge in [-0.3, -0.25) is 15.1 Å². The number of carbonyl (C=O) groups is 1. The Balaban J connectivity index is 1.96. The summed E-state index contributed by atoms with van der Waals surface area (Å²) in [4.78, 5) is 19.7. The summed E-state index contributed by atoms with van der Waals surface area (Å²) in [6.07, 6.45) is 7.62. The van der Waals surface area contributed by atoms with E-state index in [2.05, 4.69) is 30.6 Å². The van der Waals surface area contributed by atoms with Crippen LogP contribution in [0.15, 0.2) is 31.1 Å². The molecule has 8 nitrogen and oxygen atoms in total. The van der Waals surface area contributed by atoms with Crippen LogP contribution in [0, 0.1) is 0 Å². The number of aromatic amines is 1. The summed E-state index contributed by atoms with van der Waals surface area (Å²) in [5.41, 5.74) is 1.05. The Morgan fingerprint density at radius 3 is 3.18 bits per heavy atom. The lowest BCUT2D eigenvalue weighted by Gasteiger charge is -1.98. The van der Waals surface area contributed by atoms with Crippen LogP contribution in [0.4, 0.5) is 5.95 Å². The maximum absolute atomic E-state index is 11.9. The number of hydrogen-bond acceptors (Lipinski definition) is 5. The first-order chi connectivity index (χ1) is 8.34. The Kier molecular flexibility index (Phi) is 2.04. The van der Waals surface area contributed by atoms with Crippen molar-refractivity contribution in [2.75, 3.05) is 5.32 Å². The van der Waals surface area contributed by atoms with Gasteiger partial charge in [0.2, 0.25) is 5.95 Å². The van der Waals surface area contributed by atoms with Crippen molar-refractivity contribution in [1.82, 2.24) is 29.8 Å². The minimum absolute atomic E-state index is 0.290. The number of carbonyl (C=O) groups excluding carboxylic acids is 1. The molecular weight excluding hydrogens is 222 g/mol. The molecule has 0 saturated heterocycles. The predicted octanol–water partition coefficient (Wildman–Crippen LogP) is 0.0997. The van der Waals surface area contributed by atoms with Crippen LogP contribution in [0.5, 0.6) is 0 Å². The van der Waals surface area contributed by atoms with Crippen molar-refractivity contribution in [2.45, 2.75) is 0 Å². The number of rotatable bonds is 2. The van der Waals surface area contributed by atoms with E-state index in [-0.39, 0.29) is 5.91 Å². The lowest BCUT2D eigenvalue weighted by Crippen LogP contribution is -2.12. The van der Waals surface area contributed by atoms with Crippen LogP contribution in [0.1, 0.15) is 10.4 Å². The Labute approximate surface area is 94.7 Å². The van der Waals surface area contributed by atoms with Crippen LogP contribution >= 0.6 is 0 Å². The third kappa shape index (κ3) is 1.61. The second-order valence-corrected chi connectivity index (χ2v) is 3.25. The Morgan fingerprint density at radius 2 is 2.35 bits per heavy atom. The van der Waals surface area contributed by atoms with Gasteiger partial charge >= 0.3 is 0 Å². The summed E-state index contributed by atoms with van der Waals surface area (Å²) < 4.78 is 1.57. The molecule has 0 spiro atoms. The number of amides is 1. The molecule has 0 fully saturated rings. The first-order valence-corrected chi connectivity index (χ1v) is 4.78. The third-order valence-electron chi connectivity index (χ3n) is 2.22. The number of anilines is 1. The van der Waals surface area contributed by atoms with E-state index in [1.807, 2.05) is 0 Å². The first-order valence-electron chi connectivity index (χ1n) is 4.78. The molecular formula is C9H7N7O. The van der Waals surface area contributed by atoms with Crippen LogP contribution in [-0.4, -0.2) is 35.7 Å². The van der Waals surface area contributed by atoms with Crippen LogP contribution in [0.3, 0.4) is 0 Å². The summed E-state index contributed by atoms with van der Waals surface area (Å²) in [5.74, 6) is -0.0250. The fraction of sp³-hybridized carbons (Fsp3) is 0. The monoisotopic (exact) mass is 229 g/mol. The van der Waals surface area contributed by atoms with Gasteiger partial charge in [-0.25, -0.2) is 9.61 Å². The Bertz CT molecular complexity index is 657. The van der Waals surface area contributed by atoms with Gasteiger partial charge in [0.1, 0.15) is 6.33 Å². The van der Waals surface area contributed by atoms with Crippen LogP contribution < -0.4 is 5.32 Å². The number of fused-ring (bicyclic) bond motifs is 1. The molecule has 0 unspecified atom stereocenters. The predicted molar refractivity (Wildman–Crippen MR) is 57.3 cm³/mol. The maximum atomic E-state index is 11.9. The number of nitrogens with zero attached hydrogens (tertiary/aromatic N) is 5. The van der Waals surface area contributed by atoms with E-state index in [0.29, 0.717) is 17.0 Å². The molecule has 2 N–H and O–H groups in total. The molecule has 0 aliphatic rings. The van der Waals surface area contributed by atoms with E-state index in [9.17, 15) is 4.79 Å². The summed E-state index contributed by atoms with van der Waals surface area (Å²) >= 11 is 0. The number of aromatic nitrogens is 6. The second kappa shape index (κ2) is 3.67. The zero-order chi connectivity index (χ0) is 11.7. The molecule has 1 amide bonds. The molecule has 3 aromatic rings. The van der Waals surface area contributed by atoms with Crippen molar-refractivity contribution in [3.63, 3.8) is 0 Å². The fourth-order valence-electron chi connectivity index (χ4n) is 1.45. The van der Waals surface area contributed by atoms with E-state index in [4.69, 9.17) is 0 Å². The van der Waals surface area contributed by atoms with Gasteiger partial charge < -0.3 is 0 Å². The van der Waals surface area contributed by atoms with Crippen molar-refractivity contribution in [3.8, 4) is 0 Å². The minimum atomic E-state index is -0.315. The van der Waals surface area contributed by atoms with E-state index in [1.165, 1.54) is 12.5 Å². The molecule has 3 aromatic heterocycles. The van der Waals surface area contributed by atoms with Crippen molar-refractivity contribution in [1.29, 1.82) is 0 Å². The van der Waals surface area contributed by atoms with Gasteiger partial charge in [-0.1, -0.05) is 0 Å². The van der Waals surface area contributed by atoms with Gasteiger partial charge in [0, 0.05) is 12.4 Å². The van der Waals surface area contributed by atoms with Gasteiger partial charge in [0.05, 0.1) is 23.5 Å². The van der Waals surface area contributed by atoms with Crippen LogP contribution in [0.25, 0.3) is 5.52 Å². The molecule has 0 saturated carbocycles. The highest BCUT2D eigenvalue weighted by Crippen LogP contribution is 2.10. The highest BCUT2D eigenvalue weighted by molar-refractivity contribution is 6.07. The van der Waals surface area contributed by atoms with Crippen LogP contribution in [0.2, 0.25) is 0 Å². The molecule has 3 rings (SSSR count). The van der Waals surface area contributed by atoms with E-state index >= 15 is 0 Å². The van der Waals surface area contributed by atoms with E-state index in [1.54, 1.807) is 23.1 Å². The molecule has 84 valence electrons. The highest BCUT2D eigenvalue weighted by atomic mass is 16.1. The molecule has 3 heterocycles. The summed E-state index contributed by atoms with van der Waals surface area (Å²) in [6, 6.07) is 0. The fourth-order valence-corrected chi connectivity index (χ4v) is 1.45. The largest absolute Gasteiger partial charge is 0.291 e. The Hall–Kier alpha value is -2.77. The molecule has 17 heavy (non-hydrogen) atoms. The highest BCUT2D eigenvalue weighted by Gasteiger charge is 2.13. The smallest absolute Gasteiger partial charge is 0.261 e. The number of nitrogens with one attached hydrogen (secondary N) is 2. The van der Waals surface area contributed by atoms with Crippen molar-refractivity contribution >= 4 is 17.4 Å². The maximum Gasteiger partial charge on any atom is 0.261 e. The first kappa shape index (κ1) is 9.46. The molecule has 0 aromatic carbocycles. The lowest BCUT2D eigenvalue weighted by molar-refractivity contribution is 0.102. The third-order valence-corrected chi connectivity index (χ3v) is 2.22. The zero-order valence-electron chi connectivity index (χ0n) is 8.53. The normalized spacial score (nSPS) is 10.6. The molecule has 0 aliphatic heterocycles. The van der Waals surface area contributed by atoms with Gasteiger partial charge in [-0.2, -0.15) is 15.2 Å². The standard InChI is InChI=1S/C9H7N7O/c17-8(14-9-11-5-12-15-9)6-3-13-16-2-1-10-4-7(6)16/h1-5H,(H2,11,12,14,15,17). The summed E-state index contributed by atoms with van der Waals surface area (Å²) in [6.45, 7) is 0. The van der Waals surface area contributed by atoms with E-state index in [0.717, 1.165) is 0 Å². The molecule has 0 atom stereocenters. The second-order valence-electron chi connectivity index (χ2n) is 3.25. The number of hydrogen-bond donors (Lipinski definition) is 2. The number of H-pyrrole nitrogens is 1. The Morgan fingerprint density at radius 1 is 1.41 bits per heavy atom. The molecule has 0 bridgehead atoms. The van der Waals surface area contributed by atoms with Crippen molar-refractivity contribution in [2.24, 2.45) is 0 Å². The van der Waals surface area contributed by atoms with Crippen molar-refractivity contribution < 1.29 is 4.79 Å². The summed E-state index contributed by atoms with van der Waals surface area (Å²) in [5, 5.41) is 12.8. The quantitative estimate of drug-likeness (QED) is 0.649. The average Bonchev–Trinajstić information content (AvgIpc) is 2.96. The van der Waals surface area contributed by atoms with Gasteiger partial charge in [0.15, 0.2) is 0 Å². The zero-order valence-corrected chi connectivity index (χ0v) is 8.53. The van der Waals surface area contributed by atoms with Gasteiger partial charge in [-0.15, -0.1) is 0 Å². The molecule has 0 radical (unpaired) electrons. The topological polar surface area (TPSA) is 101 Å². The SMILES string of the molecule is O=C(Nc1ncn[nH]1)c1cnn2ccncc12. The van der Waals surface area contributed by atoms with Crippen LogP contribution in [-0.2, 0) is 0 Å². The molecule has 0 aliphatic carbocycles. The van der Waals surface area contributed by atoms with Gasteiger partial charge in [-0.05, 0) is 0 Å². The minimum Gasteiger partial charge on any atom is -0.291 e. The summed E-state index contributed by atoms with van der Waals surface area (Å²) in [7, 11) is 0. The molecule has 8 heteroatoms. The average molecular weight is 229 g/mol. The lowest BCUT2D eigenvalue weighted by atomic mass is 10.3. The van der Waals surface area contributed by atoms with Crippen molar-refractivity contribution in [3.05, 3.63) is 36.7 Å². The van der Waals surface area contributed by atoms with Gasteiger partial charge in [0.25, 0.3) is 5.91 Å². The van der Waals surface area contributed by atoms with E-state index < -0.39 is 0 Å².